The number of hydrogen-bond donors (Lipinski definition) is 1. The number of aliphatic imine (C=N–C) groups is 1. The van der Waals surface area contributed by atoms with Gasteiger partial charge in [-0.15, -0.1) is 0 Å². The number of likely N-dealkylation sites (N-methyl/N-ethyl adjacent to an activating group) is 1. The summed E-state index contributed by atoms with van der Waals surface area (Å²) in [5, 5.41) is 0.562. The zero-order chi connectivity index (χ0) is 26.5. The quantitative estimate of drug-likeness (QED) is 0.405. The number of benzene rings is 2. The third-order valence-electron chi connectivity index (χ3n) is 7.68. The molecule has 2 atom stereocenters. The first-order valence-corrected chi connectivity index (χ1v) is 12.9. The van der Waals surface area contributed by atoms with Crippen molar-refractivity contribution in [3.05, 3.63) is 101 Å². The summed E-state index contributed by atoms with van der Waals surface area (Å²) in [7, 11) is 1.69. The number of carbonyl (C=O) groups is 1. The first-order valence-electron chi connectivity index (χ1n) is 12.5. The highest BCUT2D eigenvalue weighted by molar-refractivity contribution is 6.30. The Balaban J connectivity index is 1.38. The number of aromatic nitrogens is 3. The monoisotopic (exact) mass is 522 g/mol. The Morgan fingerprint density at radius 3 is 2.32 bits per heavy atom. The number of amides is 1. The van der Waals surface area contributed by atoms with Gasteiger partial charge in [-0.2, -0.15) is 0 Å². The Morgan fingerprint density at radius 2 is 1.63 bits per heavy atom. The van der Waals surface area contributed by atoms with Crippen molar-refractivity contribution in [2.75, 3.05) is 7.05 Å². The second kappa shape index (κ2) is 9.03. The molecule has 2 aromatic heterocycles. The van der Waals surface area contributed by atoms with E-state index < -0.39 is 5.54 Å². The number of halogens is 1. The predicted molar refractivity (Wildman–Crippen MR) is 148 cm³/mol. The SMILES string of the molecule is CN1C(=O)[C@]2(C[C@](C)(Cc3ccc(-c4cncnc4)cc3)Cc3ccc(-c4cncc(Cl)c4)cc32)N=C1N. The zero-order valence-corrected chi connectivity index (χ0v) is 22.0. The number of carbonyl (C=O) groups excluding carboxylic acids is 1. The largest absolute Gasteiger partial charge is 0.369 e. The molecule has 1 aliphatic carbocycles. The van der Waals surface area contributed by atoms with Crippen LogP contribution < -0.4 is 5.73 Å². The van der Waals surface area contributed by atoms with Crippen molar-refractivity contribution in [3.63, 3.8) is 0 Å². The molecule has 6 rings (SSSR count). The number of nitrogens with two attached hydrogens (primary N) is 1. The normalized spacial score (nSPS) is 22.4. The van der Waals surface area contributed by atoms with Gasteiger partial charge in [0.2, 0.25) is 0 Å². The van der Waals surface area contributed by atoms with Gasteiger partial charge < -0.3 is 5.73 Å². The Bertz CT molecular complexity index is 1570. The molecule has 0 saturated heterocycles. The van der Waals surface area contributed by atoms with Crippen LogP contribution in [0.15, 0.2) is 84.6 Å². The van der Waals surface area contributed by atoms with Gasteiger partial charge in [0, 0.05) is 43.0 Å². The highest BCUT2D eigenvalue weighted by Gasteiger charge is 2.55. The van der Waals surface area contributed by atoms with Crippen LogP contribution in [-0.2, 0) is 23.2 Å². The lowest BCUT2D eigenvalue weighted by atomic mass is 9.62. The topological polar surface area (TPSA) is 97.4 Å². The van der Waals surface area contributed by atoms with Gasteiger partial charge in [-0.05, 0) is 64.6 Å². The fraction of sp³-hybridized carbons (Fsp3) is 0.233. The van der Waals surface area contributed by atoms with Crippen molar-refractivity contribution in [1.29, 1.82) is 0 Å². The Kier molecular flexibility index (Phi) is 5.76. The van der Waals surface area contributed by atoms with Crippen molar-refractivity contribution in [2.24, 2.45) is 16.1 Å². The van der Waals surface area contributed by atoms with Gasteiger partial charge in [0.15, 0.2) is 11.5 Å². The fourth-order valence-electron chi connectivity index (χ4n) is 5.97. The third-order valence-corrected chi connectivity index (χ3v) is 7.89. The molecule has 1 amide bonds. The van der Waals surface area contributed by atoms with Crippen molar-refractivity contribution in [2.45, 2.75) is 31.7 Å². The van der Waals surface area contributed by atoms with Crippen molar-refractivity contribution in [3.8, 4) is 22.3 Å². The number of pyridine rings is 1. The number of nitrogens with zero attached hydrogens (tertiary/aromatic N) is 5. The maximum Gasteiger partial charge on any atom is 0.261 e. The van der Waals surface area contributed by atoms with E-state index in [1.807, 2.05) is 18.5 Å². The average molecular weight is 523 g/mol. The molecule has 0 radical (unpaired) electrons. The van der Waals surface area contributed by atoms with E-state index in [1.54, 1.807) is 19.4 Å². The van der Waals surface area contributed by atoms with E-state index in [4.69, 9.17) is 22.3 Å². The predicted octanol–water partition coefficient (Wildman–Crippen LogP) is 5.04. The smallest absolute Gasteiger partial charge is 0.261 e. The summed E-state index contributed by atoms with van der Waals surface area (Å²) in [6.07, 6.45) is 10.7. The van der Waals surface area contributed by atoms with Crippen molar-refractivity contribution in [1.82, 2.24) is 19.9 Å². The second-order valence-corrected chi connectivity index (χ2v) is 11.1. The van der Waals surface area contributed by atoms with Crippen LogP contribution in [0.2, 0.25) is 5.02 Å². The Labute approximate surface area is 226 Å². The summed E-state index contributed by atoms with van der Waals surface area (Å²) in [6, 6.07) is 16.6. The summed E-state index contributed by atoms with van der Waals surface area (Å²) in [4.78, 5) is 32.6. The van der Waals surface area contributed by atoms with E-state index >= 15 is 0 Å². The van der Waals surface area contributed by atoms with Crippen LogP contribution >= 0.6 is 11.6 Å². The highest BCUT2D eigenvalue weighted by Crippen LogP contribution is 2.51. The van der Waals surface area contributed by atoms with Crippen LogP contribution in [0.3, 0.4) is 0 Å². The molecule has 0 saturated carbocycles. The Hall–Kier alpha value is -4.10. The van der Waals surface area contributed by atoms with Crippen LogP contribution in [0.5, 0.6) is 0 Å². The van der Waals surface area contributed by atoms with Gasteiger partial charge in [0.05, 0.1) is 5.02 Å². The molecular weight excluding hydrogens is 496 g/mol. The molecule has 1 aliphatic heterocycles. The molecule has 8 heteroatoms. The van der Waals surface area contributed by atoms with Crippen LogP contribution in [0, 0.1) is 5.41 Å². The molecule has 0 fully saturated rings. The van der Waals surface area contributed by atoms with E-state index in [9.17, 15) is 4.79 Å². The van der Waals surface area contributed by atoms with Gasteiger partial charge in [0.1, 0.15) is 6.33 Å². The molecule has 2 N–H and O–H groups in total. The minimum atomic E-state index is -1.06. The third kappa shape index (κ3) is 4.13. The first kappa shape index (κ1) is 24.2. The number of guanidine groups is 1. The summed E-state index contributed by atoms with van der Waals surface area (Å²) in [5.41, 5.74) is 12.0. The fourth-order valence-corrected chi connectivity index (χ4v) is 6.15. The van der Waals surface area contributed by atoms with Gasteiger partial charge in [-0.3, -0.25) is 14.7 Å². The lowest BCUT2D eigenvalue weighted by Crippen LogP contribution is -2.47. The van der Waals surface area contributed by atoms with E-state index in [0.29, 0.717) is 11.4 Å². The lowest BCUT2D eigenvalue weighted by Gasteiger charge is -2.43. The highest BCUT2D eigenvalue weighted by atomic mass is 35.5. The van der Waals surface area contributed by atoms with Gasteiger partial charge >= 0.3 is 0 Å². The number of fused-ring (bicyclic) bond motifs is 2. The maximum absolute atomic E-state index is 13.8. The standard InChI is InChI=1S/C30H27ClN6O/c1-29(11-19-3-5-20(6-4-19)24-14-34-18-35-15-24)12-22-8-7-21(23-9-25(31)16-33-13-23)10-26(22)30(17-29)27(38)37(2)28(32)36-30/h3-10,13-16,18H,11-12,17H2,1-2H3,(H2,32,36)/t29-,30-/m1/s1. The van der Waals surface area contributed by atoms with Crippen molar-refractivity contribution >= 4 is 23.5 Å². The second-order valence-electron chi connectivity index (χ2n) is 10.6. The van der Waals surface area contributed by atoms with Crippen LogP contribution in [0.25, 0.3) is 22.3 Å². The maximum atomic E-state index is 13.8. The molecule has 3 heterocycles. The van der Waals surface area contributed by atoms with Gasteiger partial charge in [0.25, 0.3) is 5.91 Å². The van der Waals surface area contributed by atoms with Crippen LogP contribution in [0.4, 0.5) is 0 Å². The Morgan fingerprint density at radius 1 is 0.921 bits per heavy atom. The lowest BCUT2D eigenvalue weighted by molar-refractivity contribution is -0.132. The van der Waals surface area contributed by atoms with E-state index in [2.05, 4.69) is 64.3 Å². The first-order chi connectivity index (χ1) is 18.3. The average Bonchev–Trinajstić information content (AvgIpc) is 3.12. The van der Waals surface area contributed by atoms with Gasteiger partial charge in [-0.25, -0.2) is 15.0 Å². The van der Waals surface area contributed by atoms with Crippen LogP contribution in [-0.4, -0.2) is 38.8 Å². The molecule has 7 nitrogen and oxygen atoms in total. The number of rotatable bonds is 4. The molecule has 38 heavy (non-hydrogen) atoms. The van der Waals surface area contributed by atoms with E-state index in [0.717, 1.165) is 46.2 Å². The summed E-state index contributed by atoms with van der Waals surface area (Å²) >= 11 is 6.21. The molecule has 2 aliphatic rings. The molecule has 2 aromatic carbocycles. The van der Waals surface area contributed by atoms with Crippen LogP contribution in [0.1, 0.15) is 30.0 Å². The summed E-state index contributed by atoms with van der Waals surface area (Å²) in [6.45, 7) is 2.24. The summed E-state index contributed by atoms with van der Waals surface area (Å²) < 4.78 is 0. The molecule has 0 unspecified atom stereocenters. The molecule has 1 spiro atoms. The minimum absolute atomic E-state index is 0.0945. The van der Waals surface area contributed by atoms with Gasteiger partial charge in [-0.1, -0.05) is 54.9 Å². The number of hydrogen-bond acceptors (Lipinski definition) is 6. The molecule has 4 aromatic rings. The molecule has 190 valence electrons. The zero-order valence-electron chi connectivity index (χ0n) is 21.2. The molecular formula is C30H27ClN6O. The van der Waals surface area contributed by atoms with Crippen molar-refractivity contribution < 1.29 is 4.79 Å². The van der Waals surface area contributed by atoms with E-state index in [-0.39, 0.29) is 17.3 Å². The molecule has 0 bridgehead atoms. The van der Waals surface area contributed by atoms with E-state index in [1.165, 1.54) is 16.8 Å². The summed E-state index contributed by atoms with van der Waals surface area (Å²) in [5.74, 6) is 0.150. The minimum Gasteiger partial charge on any atom is -0.369 e.